The van der Waals surface area contributed by atoms with Gasteiger partial charge in [0.05, 0.1) is 6.61 Å². The molecule has 1 heterocycles. The fourth-order valence-corrected chi connectivity index (χ4v) is 2.46. The number of rotatable bonds is 6. The Labute approximate surface area is 93.7 Å². The molecule has 0 aromatic rings. The van der Waals surface area contributed by atoms with Crippen molar-refractivity contribution in [2.24, 2.45) is 17.7 Å². The molecular formula is C12H26N2O. The molecule has 2 unspecified atom stereocenters. The minimum Gasteiger partial charge on any atom is -0.381 e. The number of hydrogen-bond donors (Lipinski definition) is 2. The second-order valence-corrected chi connectivity index (χ2v) is 4.67. The van der Waals surface area contributed by atoms with E-state index in [0.717, 1.165) is 19.1 Å². The first-order valence-corrected chi connectivity index (χ1v) is 6.35. The van der Waals surface area contributed by atoms with Crippen LogP contribution in [0.2, 0.25) is 0 Å². The number of hydrogen-bond acceptors (Lipinski definition) is 3. The summed E-state index contributed by atoms with van der Waals surface area (Å²) in [4.78, 5) is 0. The molecule has 0 saturated carbocycles. The summed E-state index contributed by atoms with van der Waals surface area (Å²) in [5.41, 5.74) is 2.99. The summed E-state index contributed by atoms with van der Waals surface area (Å²) in [6.07, 6.45) is 6.14. The van der Waals surface area contributed by atoms with E-state index in [1.54, 1.807) is 0 Å². The first-order valence-electron chi connectivity index (χ1n) is 6.35. The molecule has 0 aliphatic carbocycles. The van der Waals surface area contributed by atoms with Gasteiger partial charge in [-0.25, -0.2) is 0 Å². The van der Waals surface area contributed by atoms with E-state index >= 15 is 0 Å². The lowest BCUT2D eigenvalue weighted by Crippen LogP contribution is -2.45. The van der Waals surface area contributed by atoms with Crippen molar-refractivity contribution in [2.45, 2.75) is 52.0 Å². The Hall–Kier alpha value is -0.120. The van der Waals surface area contributed by atoms with Crippen LogP contribution in [-0.4, -0.2) is 19.3 Å². The van der Waals surface area contributed by atoms with Crippen molar-refractivity contribution in [3.63, 3.8) is 0 Å². The van der Waals surface area contributed by atoms with E-state index in [9.17, 15) is 0 Å². The summed E-state index contributed by atoms with van der Waals surface area (Å²) in [5.74, 6) is 7.07. The van der Waals surface area contributed by atoms with Crippen LogP contribution in [0.1, 0.15) is 46.0 Å². The van der Waals surface area contributed by atoms with E-state index in [2.05, 4.69) is 19.3 Å². The minimum absolute atomic E-state index is 0.440. The zero-order chi connectivity index (χ0) is 11.1. The summed E-state index contributed by atoms with van der Waals surface area (Å²) >= 11 is 0. The molecule has 1 fully saturated rings. The highest BCUT2D eigenvalue weighted by Gasteiger charge is 2.24. The monoisotopic (exact) mass is 214 g/mol. The number of nitrogens with one attached hydrogen (secondary N) is 1. The predicted octanol–water partition coefficient (Wildman–Crippen LogP) is 2.07. The molecule has 90 valence electrons. The molecule has 0 radical (unpaired) electrons. The molecule has 3 N–H and O–H groups in total. The Balaban J connectivity index is 2.38. The normalized spacial score (nSPS) is 24.4. The van der Waals surface area contributed by atoms with E-state index in [1.165, 1.54) is 32.1 Å². The number of hydrazine groups is 1. The summed E-state index contributed by atoms with van der Waals surface area (Å²) in [5, 5.41) is 0. The highest BCUT2D eigenvalue weighted by molar-refractivity contribution is 4.78. The lowest BCUT2D eigenvalue weighted by atomic mass is 9.85. The Bertz CT molecular complexity index is 154. The summed E-state index contributed by atoms with van der Waals surface area (Å²) in [7, 11) is 0. The van der Waals surface area contributed by atoms with Gasteiger partial charge in [0, 0.05) is 12.6 Å². The minimum atomic E-state index is 0.440. The molecule has 0 spiro atoms. The first kappa shape index (κ1) is 12.9. The molecule has 0 bridgehead atoms. The van der Waals surface area contributed by atoms with Crippen molar-refractivity contribution < 1.29 is 4.74 Å². The third kappa shape index (κ3) is 4.09. The summed E-state index contributed by atoms with van der Waals surface area (Å²) in [6, 6.07) is 0.440. The van der Waals surface area contributed by atoms with E-state index < -0.39 is 0 Å². The van der Waals surface area contributed by atoms with Crippen molar-refractivity contribution >= 4 is 0 Å². The third-order valence-electron chi connectivity index (χ3n) is 3.72. The molecule has 15 heavy (non-hydrogen) atoms. The van der Waals surface area contributed by atoms with Gasteiger partial charge in [0.15, 0.2) is 0 Å². The van der Waals surface area contributed by atoms with Crippen molar-refractivity contribution in [3.8, 4) is 0 Å². The number of ether oxygens (including phenoxy) is 1. The quantitative estimate of drug-likeness (QED) is 0.525. The van der Waals surface area contributed by atoms with Gasteiger partial charge in [-0.1, -0.05) is 26.7 Å². The van der Waals surface area contributed by atoms with Gasteiger partial charge in [0.2, 0.25) is 0 Å². The zero-order valence-electron chi connectivity index (χ0n) is 10.2. The van der Waals surface area contributed by atoms with Crippen LogP contribution in [-0.2, 0) is 4.74 Å². The molecule has 0 aromatic heterocycles. The zero-order valence-corrected chi connectivity index (χ0v) is 10.2. The van der Waals surface area contributed by atoms with Crippen LogP contribution in [0.3, 0.4) is 0 Å². The average Bonchev–Trinajstić information content (AvgIpc) is 2.32. The average molecular weight is 214 g/mol. The van der Waals surface area contributed by atoms with Crippen LogP contribution in [0.4, 0.5) is 0 Å². The molecule has 1 aliphatic rings. The SMILES string of the molecule is CCC(CC)CC(NN)C1CCCOC1. The van der Waals surface area contributed by atoms with Gasteiger partial charge in [0.25, 0.3) is 0 Å². The topological polar surface area (TPSA) is 47.3 Å². The van der Waals surface area contributed by atoms with E-state index in [4.69, 9.17) is 10.6 Å². The van der Waals surface area contributed by atoms with Crippen molar-refractivity contribution in [3.05, 3.63) is 0 Å². The van der Waals surface area contributed by atoms with Gasteiger partial charge in [-0.3, -0.25) is 11.3 Å². The van der Waals surface area contributed by atoms with E-state index in [0.29, 0.717) is 12.0 Å². The first-order chi connectivity index (χ1) is 7.31. The van der Waals surface area contributed by atoms with Crippen molar-refractivity contribution in [1.29, 1.82) is 0 Å². The predicted molar refractivity (Wildman–Crippen MR) is 63.3 cm³/mol. The van der Waals surface area contributed by atoms with Gasteiger partial charge < -0.3 is 4.74 Å². The Kier molecular flexibility index (Phi) is 6.22. The summed E-state index contributed by atoms with van der Waals surface area (Å²) in [6.45, 7) is 6.34. The molecule has 1 saturated heterocycles. The second-order valence-electron chi connectivity index (χ2n) is 4.67. The fraction of sp³-hybridized carbons (Fsp3) is 1.00. The van der Waals surface area contributed by atoms with Crippen LogP contribution in [0.5, 0.6) is 0 Å². The molecule has 0 amide bonds. The maximum atomic E-state index is 5.66. The van der Waals surface area contributed by atoms with Gasteiger partial charge in [0.1, 0.15) is 0 Å². The molecule has 2 atom stereocenters. The Morgan fingerprint density at radius 2 is 2.13 bits per heavy atom. The second kappa shape index (κ2) is 7.20. The molecule has 0 aromatic carbocycles. The highest BCUT2D eigenvalue weighted by atomic mass is 16.5. The van der Waals surface area contributed by atoms with Crippen LogP contribution in [0.15, 0.2) is 0 Å². The maximum absolute atomic E-state index is 5.66. The van der Waals surface area contributed by atoms with E-state index in [-0.39, 0.29) is 0 Å². The van der Waals surface area contributed by atoms with Gasteiger partial charge in [-0.05, 0) is 31.1 Å². The third-order valence-corrected chi connectivity index (χ3v) is 3.72. The lowest BCUT2D eigenvalue weighted by Gasteiger charge is -2.31. The van der Waals surface area contributed by atoms with Gasteiger partial charge >= 0.3 is 0 Å². The standard InChI is InChI=1S/C12H26N2O/c1-3-10(4-2)8-12(14-13)11-6-5-7-15-9-11/h10-12,14H,3-9,13H2,1-2H3. The highest BCUT2D eigenvalue weighted by Crippen LogP contribution is 2.24. The molecule has 3 heteroatoms. The van der Waals surface area contributed by atoms with Crippen molar-refractivity contribution in [2.75, 3.05) is 13.2 Å². The summed E-state index contributed by atoms with van der Waals surface area (Å²) < 4.78 is 5.52. The maximum Gasteiger partial charge on any atom is 0.0509 e. The van der Waals surface area contributed by atoms with Crippen LogP contribution in [0.25, 0.3) is 0 Å². The molecule has 1 aliphatic heterocycles. The smallest absolute Gasteiger partial charge is 0.0509 e. The van der Waals surface area contributed by atoms with Gasteiger partial charge in [-0.2, -0.15) is 0 Å². The number of nitrogens with two attached hydrogens (primary N) is 1. The Morgan fingerprint density at radius 1 is 1.40 bits per heavy atom. The van der Waals surface area contributed by atoms with Crippen molar-refractivity contribution in [1.82, 2.24) is 5.43 Å². The van der Waals surface area contributed by atoms with E-state index in [1.807, 2.05) is 0 Å². The Morgan fingerprint density at radius 3 is 2.60 bits per heavy atom. The van der Waals surface area contributed by atoms with Crippen LogP contribution < -0.4 is 11.3 Å². The molecule has 3 nitrogen and oxygen atoms in total. The van der Waals surface area contributed by atoms with Crippen LogP contribution >= 0.6 is 0 Å². The molecular weight excluding hydrogens is 188 g/mol. The largest absolute Gasteiger partial charge is 0.381 e. The molecule has 1 rings (SSSR count). The fourth-order valence-electron chi connectivity index (χ4n) is 2.46. The van der Waals surface area contributed by atoms with Crippen LogP contribution in [0, 0.1) is 11.8 Å². The lowest BCUT2D eigenvalue weighted by molar-refractivity contribution is 0.0349. The van der Waals surface area contributed by atoms with Gasteiger partial charge in [-0.15, -0.1) is 0 Å².